The Hall–Kier alpha value is -3.12. The molecule has 1 unspecified atom stereocenters. The first-order valence-corrected chi connectivity index (χ1v) is 10.1. The topological polar surface area (TPSA) is 58.2 Å². The standard InChI is InChI=1S/C23H21FN2O2S/c24-19-11-13-20(14-12-19)29-22(18-9-5-2-6-10-18)23(28)26-16-21(27)25-15-17-7-3-1-4-8-17/h1-14,22H,15-16H2,(H,25,27)(H,26,28). The fourth-order valence-electron chi connectivity index (χ4n) is 2.67. The zero-order valence-electron chi connectivity index (χ0n) is 15.7. The van der Waals surface area contributed by atoms with Crippen LogP contribution in [0.25, 0.3) is 0 Å². The van der Waals surface area contributed by atoms with Gasteiger partial charge in [-0.15, -0.1) is 11.8 Å². The van der Waals surface area contributed by atoms with Crippen molar-refractivity contribution in [2.45, 2.75) is 16.7 Å². The van der Waals surface area contributed by atoms with Gasteiger partial charge in [-0.2, -0.15) is 0 Å². The van der Waals surface area contributed by atoms with E-state index >= 15 is 0 Å². The number of amides is 2. The molecule has 3 rings (SSSR count). The number of rotatable bonds is 8. The highest BCUT2D eigenvalue weighted by molar-refractivity contribution is 8.00. The van der Waals surface area contributed by atoms with Gasteiger partial charge in [-0.25, -0.2) is 4.39 Å². The van der Waals surface area contributed by atoms with Crippen molar-refractivity contribution >= 4 is 23.6 Å². The van der Waals surface area contributed by atoms with E-state index in [0.29, 0.717) is 6.54 Å². The molecule has 0 heterocycles. The fraction of sp³-hybridized carbons (Fsp3) is 0.130. The van der Waals surface area contributed by atoms with Crippen LogP contribution in [0.15, 0.2) is 89.8 Å². The summed E-state index contributed by atoms with van der Waals surface area (Å²) in [4.78, 5) is 25.7. The van der Waals surface area contributed by atoms with E-state index in [1.165, 1.54) is 23.9 Å². The van der Waals surface area contributed by atoms with Gasteiger partial charge in [0.05, 0.1) is 6.54 Å². The molecule has 0 aliphatic rings. The van der Waals surface area contributed by atoms with Gasteiger partial charge in [-0.05, 0) is 35.4 Å². The number of hydrogen-bond donors (Lipinski definition) is 2. The first-order chi connectivity index (χ1) is 14.1. The quantitative estimate of drug-likeness (QED) is 0.552. The van der Waals surface area contributed by atoms with Gasteiger partial charge in [0, 0.05) is 11.4 Å². The zero-order valence-corrected chi connectivity index (χ0v) is 16.5. The lowest BCUT2D eigenvalue weighted by Gasteiger charge is -2.17. The maximum Gasteiger partial charge on any atom is 0.239 e. The molecular formula is C23H21FN2O2S. The number of carbonyl (C=O) groups excluding carboxylic acids is 2. The second-order valence-electron chi connectivity index (χ2n) is 6.34. The molecule has 4 nitrogen and oxygen atoms in total. The van der Waals surface area contributed by atoms with Crippen LogP contribution in [0, 0.1) is 5.82 Å². The van der Waals surface area contributed by atoms with Crippen molar-refractivity contribution in [3.05, 3.63) is 102 Å². The molecule has 0 aliphatic heterocycles. The van der Waals surface area contributed by atoms with E-state index in [9.17, 15) is 14.0 Å². The molecule has 0 spiro atoms. The molecule has 0 saturated heterocycles. The average molecular weight is 408 g/mol. The summed E-state index contributed by atoms with van der Waals surface area (Å²) in [7, 11) is 0. The van der Waals surface area contributed by atoms with Crippen LogP contribution in [0.5, 0.6) is 0 Å². The van der Waals surface area contributed by atoms with Crippen molar-refractivity contribution in [1.29, 1.82) is 0 Å². The van der Waals surface area contributed by atoms with Gasteiger partial charge >= 0.3 is 0 Å². The van der Waals surface area contributed by atoms with Crippen LogP contribution < -0.4 is 10.6 Å². The predicted molar refractivity (Wildman–Crippen MR) is 113 cm³/mol. The largest absolute Gasteiger partial charge is 0.350 e. The van der Waals surface area contributed by atoms with Crippen molar-refractivity contribution in [2.24, 2.45) is 0 Å². The zero-order chi connectivity index (χ0) is 20.5. The second kappa shape index (κ2) is 10.4. The SMILES string of the molecule is O=C(CNC(=O)C(Sc1ccc(F)cc1)c1ccccc1)NCc1ccccc1. The Bertz CT molecular complexity index is 934. The lowest BCUT2D eigenvalue weighted by atomic mass is 10.1. The number of benzene rings is 3. The smallest absolute Gasteiger partial charge is 0.239 e. The van der Waals surface area contributed by atoms with Crippen LogP contribution in [0.2, 0.25) is 0 Å². The van der Waals surface area contributed by atoms with Gasteiger partial charge in [0.15, 0.2) is 0 Å². The first-order valence-electron chi connectivity index (χ1n) is 9.17. The molecule has 3 aromatic rings. The number of halogens is 1. The predicted octanol–water partition coefficient (Wildman–Crippen LogP) is 4.09. The summed E-state index contributed by atoms with van der Waals surface area (Å²) < 4.78 is 13.2. The summed E-state index contributed by atoms with van der Waals surface area (Å²) in [5.41, 5.74) is 1.80. The number of nitrogens with one attached hydrogen (secondary N) is 2. The normalized spacial score (nSPS) is 11.5. The van der Waals surface area contributed by atoms with E-state index < -0.39 is 5.25 Å². The van der Waals surface area contributed by atoms with E-state index in [4.69, 9.17) is 0 Å². The Balaban J connectivity index is 1.60. The Morgan fingerprint density at radius 3 is 2.10 bits per heavy atom. The number of thioether (sulfide) groups is 1. The highest BCUT2D eigenvalue weighted by Crippen LogP contribution is 2.35. The van der Waals surface area contributed by atoms with Gasteiger partial charge < -0.3 is 10.6 Å². The molecule has 2 N–H and O–H groups in total. The highest BCUT2D eigenvalue weighted by Gasteiger charge is 2.22. The summed E-state index contributed by atoms with van der Waals surface area (Å²) in [6.45, 7) is 0.293. The average Bonchev–Trinajstić information content (AvgIpc) is 2.77. The van der Waals surface area contributed by atoms with Crippen molar-refractivity contribution in [3.63, 3.8) is 0 Å². The molecule has 0 saturated carbocycles. The maximum absolute atomic E-state index is 13.2. The summed E-state index contributed by atoms with van der Waals surface area (Å²) in [6, 6.07) is 24.8. The van der Waals surface area contributed by atoms with Gasteiger partial charge in [0.1, 0.15) is 11.1 Å². The van der Waals surface area contributed by atoms with Crippen molar-refractivity contribution < 1.29 is 14.0 Å². The molecule has 29 heavy (non-hydrogen) atoms. The Labute approximate surface area is 173 Å². The van der Waals surface area contributed by atoms with Crippen LogP contribution in [0.1, 0.15) is 16.4 Å². The third kappa shape index (κ3) is 6.47. The van der Waals surface area contributed by atoms with Gasteiger partial charge in [0.25, 0.3) is 0 Å². The number of carbonyl (C=O) groups is 2. The summed E-state index contributed by atoms with van der Waals surface area (Å²) in [6.07, 6.45) is 0. The minimum atomic E-state index is -0.552. The third-order valence-corrected chi connectivity index (χ3v) is 5.43. The number of hydrogen-bond acceptors (Lipinski definition) is 3. The minimum Gasteiger partial charge on any atom is -0.350 e. The Kier molecular flexibility index (Phi) is 7.41. The molecule has 0 aromatic heterocycles. The van der Waals surface area contributed by atoms with E-state index in [1.807, 2.05) is 60.7 Å². The molecule has 0 bridgehead atoms. The van der Waals surface area contributed by atoms with Crippen LogP contribution in [0.3, 0.4) is 0 Å². The second-order valence-corrected chi connectivity index (χ2v) is 7.52. The maximum atomic E-state index is 13.2. The lowest BCUT2D eigenvalue weighted by Crippen LogP contribution is -2.38. The van der Waals surface area contributed by atoms with E-state index in [0.717, 1.165) is 16.0 Å². The Morgan fingerprint density at radius 2 is 1.45 bits per heavy atom. The van der Waals surface area contributed by atoms with Crippen LogP contribution in [-0.4, -0.2) is 18.4 Å². The Morgan fingerprint density at radius 1 is 0.828 bits per heavy atom. The first kappa shape index (κ1) is 20.6. The molecular weight excluding hydrogens is 387 g/mol. The van der Waals surface area contributed by atoms with Crippen molar-refractivity contribution in [3.8, 4) is 0 Å². The van der Waals surface area contributed by atoms with Crippen molar-refractivity contribution in [1.82, 2.24) is 10.6 Å². The van der Waals surface area contributed by atoms with E-state index in [-0.39, 0.29) is 24.2 Å². The summed E-state index contributed by atoms with van der Waals surface area (Å²) >= 11 is 1.31. The van der Waals surface area contributed by atoms with Crippen molar-refractivity contribution in [2.75, 3.05) is 6.54 Å². The van der Waals surface area contributed by atoms with Crippen LogP contribution >= 0.6 is 11.8 Å². The van der Waals surface area contributed by atoms with Gasteiger partial charge in [-0.3, -0.25) is 9.59 Å². The van der Waals surface area contributed by atoms with Gasteiger partial charge in [-0.1, -0.05) is 60.7 Å². The monoisotopic (exact) mass is 408 g/mol. The fourth-order valence-corrected chi connectivity index (χ4v) is 3.72. The van der Waals surface area contributed by atoms with Crippen LogP contribution in [-0.2, 0) is 16.1 Å². The molecule has 0 radical (unpaired) electrons. The van der Waals surface area contributed by atoms with E-state index in [2.05, 4.69) is 10.6 Å². The minimum absolute atomic E-state index is 0.112. The van der Waals surface area contributed by atoms with E-state index in [1.54, 1.807) is 12.1 Å². The molecule has 1 atom stereocenters. The van der Waals surface area contributed by atoms with Gasteiger partial charge in [0.2, 0.25) is 11.8 Å². The lowest BCUT2D eigenvalue weighted by molar-refractivity contribution is -0.125. The third-order valence-electron chi connectivity index (χ3n) is 4.16. The highest BCUT2D eigenvalue weighted by atomic mass is 32.2. The molecule has 0 aliphatic carbocycles. The molecule has 3 aromatic carbocycles. The molecule has 2 amide bonds. The summed E-state index contributed by atoms with van der Waals surface area (Å²) in [5, 5.41) is 4.94. The summed E-state index contributed by atoms with van der Waals surface area (Å²) in [5.74, 6) is -0.869. The molecule has 6 heteroatoms. The molecule has 148 valence electrons. The molecule has 0 fully saturated rings. The van der Waals surface area contributed by atoms with Crippen LogP contribution in [0.4, 0.5) is 4.39 Å².